The van der Waals surface area contributed by atoms with Gasteiger partial charge >= 0.3 is 0 Å². The minimum atomic E-state index is -0.471. The molecule has 0 aromatic carbocycles. The second kappa shape index (κ2) is 5.23. The fraction of sp³-hybridized carbons (Fsp3) is 0.667. The van der Waals surface area contributed by atoms with Crippen LogP contribution in [0.25, 0.3) is 0 Å². The van der Waals surface area contributed by atoms with E-state index in [9.17, 15) is 4.39 Å². The summed E-state index contributed by atoms with van der Waals surface area (Å²) in [7, 11) is 0. The Bertz CT molecular complexity index is 343. The number of hydrogen-bond acceptors (Lipinski definition) is 3. The van der Waals surface area contributed by atoms with Crippen LogP contribution in [0.3, 0.4) is 0 Å². The minimum absolute atomic E-state index is 0.438. The molecule has 0 radical (unpaired) electrons. The van der Waals surface area contributed by atoms with E-state index in [0.29, 0.717) is 17.8 Å². The zero-order valence-corrected chi connectivity index (χ0v) is 9.62. The van der Waals surface area contributed by atoms with Gasteiger partial charge in [0.05, 0.1) is 0 Å². The van der Waals surface area contributed by atoms with E-state index < -0.39 is 5.95 Å². The lowest BCUT2D eigenvalue weighted by Gasteiger charge is -2.31. The predicted molar refractivity (Wildman–Crippen MR) is 61.6 cm³/mol. The normalized spacial score (nSPS) is 25.4. The van der Waals surface area contributed by atoms with Crippen LogP contribution in [0.15, 0.2) is 12.4 Å². The summed E-state index contributed by atoms with van der Waals surface area (Å²) in [4.78, 5) is 7.49. The summed E-state index contributed by atoms with van der Waals surface area (Å²) in [5.74, 6) is 0.825. The maximum absolute atomic E-state index is 12.9. The lowest BCUT2D eigenvalue weighted by molar-refractivity contribution is 0.316. The van der Waals surface area contributed by atoms with E-state index in [1.165, 1.54) is 38.1 Å². The van der Waals surface area contributed by atoms with Crippen molar-refractivity contribution in [2.24, 2.45) is 5.92 Å². The van der Waals surface area contributed by atoms with Gasteiger partial charge in [0.2, 0.25) is 5.95 Å². The number of halogens is 1. The topological polar surface area (TPSA) is 37.8 Å². The Kier molecular flexibility index (Phi) is 3.70. The smallest absolute Gasteiger partial charge is 0.217 e. The summed E-state index contributed by atoms with van der Waals surface area (Å²) < 4.78 is 12.9. The first kappa shape index (κ1) is 11.3. The third kappa shape index (κ3) is 2.68. The molecule has 1 aliphatic carbocycles. The van der Waals surface area contributed by atoms with Gasteiger partial charge in [0, 0.05) is 12.1 Å². The van der Waals surface area contributed by atoms with Crippen molar-refractivity contribution >= 4 is 5.82 Å². The second-order valence-electron chi connectivity index (χ2n) is 4.43. The Morgan fingerprint density at radius 2 is 2.19 bits per heavy atom. The first-order chi connectivity index (χ1) is 7.79. The van der Waals surface area contributed by atoms with E-state index in [1.54, 1.807) is 0 Å². The highest BCUT2D eigenvalue weighted by atomic mass is 19.1. The Hall–Kier alpha value is -1.19. The molecule has 88 valence electrons. The molecule has 0 spiro atoms. The molecule has 2 unspecified atom stereocenters. The molecule has 0 saturated heterocycles. The molecule has 0 amide bonds. The largest absolute Gasteiger partial charge is 0.367 e. The van der Waals surface area contributed by atoms with Gasteiger partial charge in [-0.05, 0) is 18.8 Å². The van der Waals surface area contributed by atoms with Gasteiger partial charge in [-0.15, -0.1) is 0 Å². The third-order valence-corrected chi connectivity index (χ3v) is 3.40. The quantitative estimate of drug-likeness (QED) is 0.800. The first-order valence-corrected chi connectivity index (χ1v) is 6.03. The fourth-order valence-electron chi connectivity index (χ4n) is 2.49. The number of anilines is 1. The van der Waals surface area contributed by atoms with Crippen molar-refractivity contribution in [2.75, 3.05) is 5.32 Å². The second-order valence-corrected chi connectivity index (χ2v) is 4.43. The summed E-state index contributed by atoms with van der Waals surface area (Å²) in [6, 6.07) is 1.80. The zero-order valence-electron chi connectivity index (χ0n) is 9.62. The van der Waals surface area contributed by atoms with E-state index in [-0.39, 0.29) is 0 Å². The predicted octanol–water partition coefficient (Wildman–Crippen LogP) is 3.00. The van der Waals surface area contributed by atoms with Gasteiger partial charge in [0.25, 0.3) is 0 Å². The van der Waals surface area contributed by atoms with Gasteiger partial charge < -0.3 is 5.32 Å². The van der Waals surface area contributed by atoms with Gasteiger partial charge in [0.1, 0.15) is 12.1 Å². The standard InChI is InChI=1S/C12H18FN3/c1-2-9-5-3-4-6-10(9)16-12-7-11(13)14-8-15-12/h7-10H,2-6H2,1H3,(H,14,15,16). The summed E-state index contributed by atoms with van der Waals surface area (Å²) in [6.07, 6.45) is 7.43. The Balaban J connectivity index is 2.02. The average Bonchev–Trinajstić information content (AvgIpc) is 2.30. The first-order valence-electron chi connectivity index (χ1n) is 6.03. The van der Waals surface area contributed by atoms with Gasteiger partial charge in [-0.2, -0.15) is 4.39 Å². The minimum Gasteiger partial charge on any atom is -0.367 e. The summed E-state index contributed by atoms with van der Waals surface area (Å²) in [5, 5.41) is 3.33. The third-order valence-electron chi connectivity index (χ3n) is 3.40. The molecule has 0 aliphatic heterocycles. The molecule has 1 aromatic heterocycles. The van der Waals surface area contributed by atoms with Crippen LogP contribution in [-0.2, 0) is 0 Å². The van der Waals surface area contributed by atoms with Gasteiger partial charge in [-0.3, -0.25) is 0 Å². The van der Waals surface area contributed by atoms with Crippen LogP contribution in [0.5, 0.6) is 0 Å². The van der Waals surface area contributed by atoms with Crippen LogP contribution in [-0.4, -0.2) is 16.0 Å². The molecule has 16 heavy (non-hydrogen) atoms. The average molecular weight is 223 g/mol. The molecule has 2 rings (SSSR count). The number of hydrogen-bond donors (Lipinski definition) is 1. The van der Waals surface area contributed by atoms with Crippen LogP contribution in [0.4, 0.5) is 10.2 Å². The highest BCUT2D eigenvalue weighted by molar-refractivity contribution is 5.33. The maximum Gasteiger partial charge on any atom is 0.217 e. The molecule has 1 fully saturated rings. The van der Waals surface area contributed by atoms with E-state index in [0.717, 1.165) is 6.42 Å². The summed E-state index contributed by atoms with van der Waals surface area (Å²) in [6.45, 7) is 2.21. The molecular formula is C12H18FN3. The van der Waals surface area contributed by atoms with Gasteiger partial charge in [0.15, 0.2) is 0 Å². The van der Waals surface area contributed by atoms with Crippen molar-refractivity contribution in [2.45, 2.75) is 45.1 Å². The van der Waals surface area contributed by atoms with Crippen LogP contribution < -0.4 is 5.32 Å². The molecule has 1 saturated carbocycles. The number of nitrogens with one attached hydrogen (secondary N) is 1. The van der Waals surface area contributed by atoms with E-state index >= 15 is 0 Å². The highest BCUT2D eigenvalue weighted by Crippen LogP contribution is 2.28. The molecule has 2 atom stereocenters. The highest BCUT2D eigenvalue weighted by Gasteiger charge is 2.23. The van der Waals surface area contributed by atoms with Crippen molar-refractivity contribution < 1.29 is 4.39 Å². The summed E-state index contributed by atoms with van der Waals surface area (Å²) in [5.41, 5.74) is 0. The Labute approximate surface area is 95.5 Å². The summed E-state index contributed by atoms with van der Waals surface area (Å²) >= 11 is 0. The molecule has 4 heteroatoms. The fourth-order valence-corrected chi connectivity index (χ4v) is 2.49. The SMILES string of the molecule is CCC1CCCCC1Nc1cc(F)ncn1. The molecule has 1 aromatic rings. The molecule has 0 bridgehead atoms. The number of aromatic nitrogens is 2. The van der Waals surface area contributed by atoms with Crippen LogP contribution in [0.1, 0.15) is 39.0 Å². The lowest BCUT2D eigenvalue weighted by atomic mass is 9.83. The van der Waals surface area contributed by atoms with Gasteiger partial charge in [-0.25, -0.2) is 9.97 Å². The molecule has 1 N–H and O–H groups in total. The van der Waals surface area contributed by atoms with Gasteiger partial charge in [-0.1, -0.05) is 26.2 Å². The molecular weight excluding hydrogens is 205 g/mol. The van der Waals surface area contributed by atoms with Crippen LogP contribution in [0.2, 0.25) is 0 Å². The molecule has 1 aliphatic rings. The maximum atomic E-state index is 12.9. The number of nitrogens with zero attached hydrogens (tertiary/aromatic N) is 2. The van der Waals surface area contributed by atoms with Crippen molar-refractivity contribution in [3.8, 4) is 0 Å². The van der Waals surface area contributed by atoms with E-state index in [1.807, 2.05) is 0 Å². The van der Waals surface area contributed by atoms with Crippen molar-refractivity contribution in [3.63, 3.8) is 0 Å². The molecule has 3 nitrogen and oxygen atoms in total. The lowest BCUT2D eigenvalue weighted by Crippen LogP contribution is -2.32. The Morgan fingerprint density at radius 3 is 2.94 bits per heavy atom. The monoisotopic (exact) mass is 223 g/mol. The molecule has 1 heterocycles. The van der Waals surface area contributed by atoms with Crippen LogP contribution in [0, 0.1) is 11.9 Å². The van der Waals surface area contributed by atoms with Crippen molar-refractivity contribution in [3.05, 3.63) is 18.3 Å². The van der Waals surface area contributed by atoms with E-state index in [4.69, 9.17) is 0 Å². The number of rotatable bonds is 3. The van der Waals surface area contributed by atoms with Crippen molar-refractivity contribution in [1.82, 2.24) is 9.97 Å². The van der Waals surface area contributed by atoms with Crippen LogP contribution >= 0.6 is 0 Å². The van der Waals surface area contributed by atoms with E-state index in [2.05, 4.69) is 22.2 Å². The zero-order chi connectivity index (χ0) is 11.4. The van der Waals surface area contributed by atoms with Crippen molar-refractivity contribution in [1.29, 1.82) is 0 Å². The Morgan fingerprint density at radius 1 is 1.38 bits per heavy atom.